The highest BCUT2D eigenvalue weighted by molar-refractivity contribution is 5.47. The molecular formula is C17H25NO. The van der Waals surface area contributed by atoms with Crippen LogP contribution in [0, 0.1) is 13.8 Å². The molecule has 2 nitrogen and oxygen atoms in total. The molecule has 1 aromatic rings. The first-order valence-corrected chi connectivity index (χ1v) is 7.67. The van der Waals surface area contributed by atoms with E-state index in [9.17, 15) is 0 Å². The van der Waals surface area contributed by atoms with Crippen LogP contribution in [0.2, 0.25) is 0 Å². The quantitative estimate of drug-likeness (QED) is 0.756. The smallest absolute Gasteiger partial charge is 0.127 e. The summed E-state index contributed by atoms with van der Waals surface area (Å²) in [7, 11) is 0. The lowest BCUT2D eigenvalue weighted by molar-refractivity contribution is 0.0845. The van der Waals surface area contributed by atoms with Crippen LogP contribution in [0.1, 0.15) is 55.3 Å². The molecule has 0 amide bonds. The number of likely N-dealkylation sites (tertiary alicyclic amines) is 1. The number of aryl methyl sites for hydroxylation is 2. The average molecular weight is 259 g/mol. The lowest BCUT2D eigenvalue weighted by Crippen LogP contribution is -2.38. The van der Waals surface area contributed by atoms with Crippen molar-refractivity contribution in [3.63, 3.8) is 0 Å². The Hall–Kier alpha value is -1.02. The van der Waals surface area contributed by atoms with Crippen LogP contribution in [0.4, 0.5) is 0 Å². The zero-order valence-corrected chi connectivity index (χ0v) is 12.4. The summed E-state index contributed by atoms with van der Waals surface area (Å²) in [6.45, 7) is 9.09. The van der Waals surface area contributed by atoms with Gasteiger partial charge in [-0.25, -0.2) is 0 Å². The van der Waals surface area contributed by atoms with Crippen LogP contribution in [-0.4, -0.2) is 24.1 Å². The minimum Gasteiger partial charge on any atom is -0.490 e. The fourth-order valence-electron chi connectivity index (χ4n) is 3.66. The van der Waals surface area contributed by atoms with E-state index >= 15 is 0 Å². The number of piperidine rings is 1. The van der Waals surface area contributed by atoms with Crippen LogP contribution in [-0.2, 0) is 0 Å². The molecule has 0 radical (unpaired) electrons. The zero-order valence-electron chi connectivity index (χ0n) is 12.4. The molecule has 2 unspecified atom stereocenters. The first-order chi connectivity index (χ1) is 9.15. The van der Waals surface area contributed by atoms with E-state index in [0.717, 1.165) is 12.2 Å². The van der Waals surface area contributed by atoms with Gasteiger partial charge in [0.1, 0.15) is 5.75 Å². The van der Waals surface area contributed by atoms with Crippen LogP contribution in [0.5, 0.6) is 5.75 Å². The molecule has 0 aliphatic carbocycles. The molecule has 2 aliphatic heterocycles. The molecule has 2 aliphatic rings. The van der Waals surface area contributed by atoms with E-state index in [1.165, 1.54) is 49.0 Å². The number of nitrogens with zero attached hydrogens (tertiary/aromatic N) is 1. The number of hydrogen-bond donors (Lipinski definition) is 0. The van der Waals surface area contributed by atoms with Crippen LogP contribution in [0.3, 0.4) is 0 Å². The summed E-state index contributed by atoms with van der Waals surface area (Å²) >= 11 is 0. The summed E-state index contributed by atoms with van der Waals surface area (Å²) < 4.78 is 6.11. The maximum absolute atomic E-state index is 6.11. The minimum atomic E-state index is 0.334. The van der Waals surface area contributed by atoms with Gasteiger partial charge in [0.05, 0.1) is 6.10 Å². The molecule has 0 spiro atoms. The Bertz CT molecular complexity index is 463. The maximum Gasteiger partial charge on any atom is 0.127 e. The van der Waals surface area contributed by atoms with Crippen LogP contribution >= 0.6 is 0 Å². The molecule has 1 fully saturated rings. The minimum absolute atomic E-state index is 0.334. The Labute approximate surface area is 116 Å². The van der Waals surface area contributed by atoms with Crippen LogP contribution in [0.25, 0.3) is 0 Å². The largest absolute Gasteiger partial charge is 0.490 e. The van der Waals surface area contributed by atoms with Gasteiger partial charge in [0.25, 0.3) is 0 Å². The predicted molar refractivity (Wildman–Crippen MR) is 78.8 cm³/mol. The molecule has 1 saturated heterocycles. The fraction of sp³-hybridized carbons (Fsp3) is 0.647. The zero-order chi connectivity index (χ0) is 13.4. The van der Waals surface area contributed by atoms with Crippen LogP contribution in [0.15, 0.2) is 12.1 Å². The summed E-state index contributed by atoms with van der Waals surface area (Å²) in [5.74, 6) is 1.15. The first-order valence-electron chi connectivity index (χ1n) is 7.67. The van der Waals surface area contributed by atoms with Gasteiger partial charge in [-0.1, -0.05) is 24.1 Å². The van der Waals surface area contributed by atoms with E-state index < -0.39 is 0 Å². The van der Waals surface area contributed by atoms with E-state index in [4.69, 9.17) is 4.74 Å². The molecule has 19 heavy (non-hydrogen) atoms. The number of benzene rings is 1. The highest BCUT2D eigenvalue weighted by Crippen LogP contribution is 2.41. The van der Waals surface area contributed by atoms with Gasteiger partial charge in [-0.2, -0.15) is 0 Å². The van der Waals surface area contributed by atoms with Crippen molar-refractivity contribution in [3.8, 4) is 5.75 Å². The van der Waals surface area contributed by atoms with Crippen molar-refractivity contribution in [1.29, 1.82) is 0 Å². The molecule has 2 heterocycles. The second-order valence-electron chi connectivity index (χ2n) is 6.28. The van der Waals surface area contributed by atoms with Gasteiger partial charge < -0.3 is 4.74 Å². The number of rotatable bonds is 1. The Morgan fingerprint density at radius 2 is 1.84 bits per heavy atom. The second kappa shape index (κ2) is 5.16. The van der Waals surface area contributed by atoms with Crippen molar-refractivity contribution in [1.82, 2.24) is 4.90 Å². The van der Waals surface area contributed by atoms with Gasteiger partial charge >= 0.3 is 0 Å². The Balaban J connectivity index is 1.98. The summed E-state index contributed by atoms with van der Waals surface area (Å²) in [6.07, 6.45) is 5.57. The van der Waals surface area contributed by atoms with E-state index in [1.54, 1.807) is 0 Å². The Morgan fingerprint density at radius 3 is 2.58 bits per heavy atom. The highest BCUT2D eigenvalue weighted by atomic mass is 16.5. The van der Waals surface area contributed by atoms with Crippen molar-refractivity contribution in [3.05, 3.63) is 28.8 Å². The van der Waals surface area contributed by atoms with Gasteiger partial charge in [0.15, 0.2) is 0 Å². The topological polar surface area (TPSA) is 12.5 Å². The Morgan fingerprint density at radius 1 is 1.11 bits per heavy atom. The van der Waals surface area contributed by atoms with Crippen molar-refractivity contribution < 1.29 is 4.74 Å². The highest BCUT2D eigenvalue weighted by Gasteiger charge is 2.32. The predicted octanol–water partition coefficient (Wildman–Crippen LogP) is 4.00. The second-order valence-corrected chi connectivity index (χ2v) is 6.28. The van der Waals surface area contributed by atoms with Crippen LogP contribution < -0.4 is 4.74 Å². The summed E-state index contributed by atoms with van der Waals surface area (Å²) in [6, 6.07) is 5.15. The third-order valence-corrected chi connectivity index (χ3v) is 4.51. The molecule has 0 bridgehead atoms. The Kier molecular flexibility index (Phi) is 3.53. The van der Waals surface area contributed by atoms with E-state index in [-0.39, 0.29) is 0 Å². The molecule has 2 atom stereocenters. The normalized spacial score (nSPS) is 27.7. The van der Waals surface area contributed by atoms with Crippen molar-refractivity contribution >= 4 is 0 Å². The van der Waals surface area contributed by atoms with Crippen molar-refractivity contribution in [2.24, 2.45) is 0 Å². The first kappa shape index (κ1) is 13.0. The SMILES string of the molecule is Cc1cc(C)c2c(c1)C(N1CCCCC1)CC(C)O2. The average Bonchev–Trinajstić information content (AvgIpc) is 2.40. The monoisotopic (exact) mass is 259 g/mol. The standard InChI is InChI=1S/C17H25NO/c1-12-9-13(2)17-15(10-12)16(11-14(3)19-17)18-7-5-4-6-8-18/h9-10,14,16H,4-8,11H2,1-3H3. The number of fused-ring (bicyclic) bond motifs is 1. The summed E-state index contributed by atoms with van der Waals surface area (Å²) in [5.41, 5.74) is 4.08. The molecule has 0 saturated carbocycles. The van der Waals surface area contributed by atoms with Gasteiger partial charge in [0, 0.05) is 18.0 Å². The summed E-state index contributed by atoms with van der Waals surface area (Å²) in [4.78, 5) is 2.68. The lowest BCUT2D eigenvalue weighted by Gasteiger charge is -2.40. The van der Waals surface area contributed by atoms with E-state index in [1.807, 2.05) is 0 Å². The summed E-state index contributed by atoms with van der Waals surface area (Å²) in [5, 5.41) is 0. The molecular weight excluding hydrogens is 234 g/mol. The molecule has 104 valence electrons. The molecule has 1 aromatic carbocycles. The van der Waals surface area contributed by atoms with Gasteiger partial charge in [0.2, 0.25) is 0 Å². The van der Waals surface area contributed by atoms with Gasteiger partial charge in [-0.05, 0) is 52.3 Å². The molecule has 0 aromatic heterocycles. The van der Waals surface area contributed by atoms with E-state index in [2.05, 4.69) is 37.8 Å². The third-order valence-electron chi connectivity index (χ3n) is 4.51. The third kappa shape index (κ3) is 2.51. The lowest BCUT2D eigenvalue weighted by atomic mass is 9.91. The van der Waals surface area contributed by atoms with E-state index in [0.29, 0.717) is 12.1 Å². The van der Waals surface area contributed by atoms with Gasteiger partial charge in [-0.15, -0.1) is 0 Å². The van der Waals surface area contributed by atoms with Crippen molar-refractivity contribution in [2.75, 3.05) is 13.1 Å². The fourth-order valence-corrected chi connectivity index (χ4v) is 3.66. The van der Waals surface area contributed by atoms with Crippen molar-refractivity contribution in [2.45, 2.75) is 58.6 Å². The number of ether oxygens (including phenoxy) is 1. The molecule has 0 N–H and O–H groups in total. The number of hydrogen-bond acceptors (Lipinski definition) is 2. The maximum atomic E-state index is 6.11. The molecule has 3 rings (SSSR count). The molecule has 2 heteroatoms. The van der Waals surface area contributed by atoms with Gasteiger partial charge in [-0.3, -0.25) is 4.90 Å².